The fourth-order valence-corrected chi connectivity index (χ4v) is 4.20. The number of benzene rings is 3. The van der Waals surface area contributed by atoms with Gasteiger partial charge in [0.1, 0.15) is 17.9 Å². The van der Waals surface area contributed by atoms with Gasteiger partial charge in [-0.05, 0) is 42.3 Å². The second kappa shape index (κ2) is 11.0. The van der Waals surface area contributed by atoms with Crippen LogP contribution in [0.1, 0.15) is 21.5 Å². The number of nitrogens with zero attached hydrogens (tertiary/aromatic N) is 1. The van der Waals surface area contributed by atoms with Gasteiger partial charge in [-0.25, -0.2) is 17.5 Å². The van der Waals surface area contributed by atoms with Crippen molar-refractivity contribution < 1.29 is 27.5 Å². The van der Waals surface area contributed by atoms with Gasteiger partial charge in [0.05, 0.1) is 4.90 Å². The van der Waals surface area contributed by atoms with Gasteiger partial charge in [-0.1, -0.05) is 48.5 Å². The average molecular weight is 483 g/mol. The lowest BCUT2D eigenvalue weighted by Gasteiger charge is -2.15. The number of aryl methyl sites for hydroxylation is 1. The summed E-state index contributed by atoms with van der Waals surface area (Å²) in [5.41, 5.74) is 1.96. The molecule has 3 rings (SSSR count). The highest BCUT2D eigenvalue weighted by Crippen LogP contribution is 2.23. The molecular weight excluding hydrogens is 456 g/mol. The maximum Gasteiger partial charge on any atom is 0.342 e. The Morgan fingerprint density at radius 3 is 2.32 bits per heavy atom. The first-order valence-electron chi connectivity index (χ1n) is 10.4. The van der Waals surface area contributed by atoms with Crippen LogP contribution in [0.3, 0.4) is 0 Å². The summed E-state index contributed by atoms with van der Waals surface area (Å²) >= 11 is 0. The number of sulfonamides is 1. The van der Waals surface area contributed by atoms with Crippen LogP contribution in [0.5, 0.6) is 5.75 Å². The standard InChI is InChI=1S/C25H26N2O6S/c1-18-13-14-20(15-23(18)34(30,31)27(2)3)26-24(28)17-33-25(29)21-11-7-8-12-22(21)32-16-19-9-5-4-6-10-19/h4-15H,16-17H2,1-3H3,(H,26,28). The van der Waals surface area contributed by atoms with Crippen LogP contribution in [0.15, 0.2) is 77.7 Å². The van der Waals surface area contributed by atoms with Crippen LogP contribution < -0.4 is 10.1 Å². The molecule has 1 amide bonds. The third kappa shape index (κ3) is 6.21. The molecule has 0 bridgehead atoms. The van der Waals surface area contributed by atoms with E-state index in [2.05, 4.69) is 5.32 Å². The molecule has 0 saturated heterocycles. The Morgan fingerprint density at radius 1 is 0.941 bits per heavy atom. The summed E-state index contributed by atoms with van der Waals surface area (Å²) in [5, 5.41) is 2.56. The van der Waals surface area contributed by atoms with E-state index in [0.29, 0.717) is 11.3 Å². The summed E-state index contributed by atoms with van der Waals surface area (Å²) in [5.74, 6) is -0.972. The number of ether oxygens (including phenoxy) is 2. The number of hydrogen-bond donors (Lipinski definition) is 1. The monoisotopic (exact) mass is 482 g/mol. The zero-order valence-electron chi connectivity index (χ0n) is 19.1. The molecule has 0 atom stereocenters. The van der Waals surface area contributed by atoms with E-state index in [1.807, 2.05) is 30.3 Å². The number of carbonyl (C=O) groups is 2. The molecule has 9 heteroatoms. The lowest BCUT2D eigenvalue weighted by molar-refractivity contribution is -0.119. The van der Waals surface area contributed by atoms with Gasteiger partial charge in [0.15, 0.2) is 6.61 Å². The predicted octanol–water partition coefficient (Wildman–Crippen LogP) is 3.62. The lowest BCUT2D eigenvalue weighted by atomic mass is 10.2. The number of para-hydroxylation sites is 1. The zero-order valence-corrected chi connectivity index (χ0v) is 20.0. The van der Waals surface area contributed by atoms with E-state index in [1.54, 1.807) is 43.3 Å². The van der Waals surface area contributed by atoms with Gasteiger partial charge in [-0.3, -0.25) is 4.79 Å². The summed E-state index contributed by atoms with van der Waals surface area (Å²) in [6.07, 6.45) is 0. The molecule has 3 aromatic carbocycles. The quantitative estimate of drug-likeness (QED) is 0.468. The number of rotatable bonds is 9. The maximum atomic E-state index is 12.6. The Labute approximate surface area is 199 Å². The first-order chi connectivity index (χ1) is 16.2. The van der Waals surface area contributed by atoms with E-state index in [4.69, 9.17) is 9.47 Å². The van der Waals surface area contributed by atoms with Crippen molar-refractivity contribution in [2.75, 3.05) is 26.0 Å². The molecule has 178 valence electrons. The van der Waals surface area contributed by atoms with Crippen LogP contribution in [0.4, 0.5) is 5.69 Å². The van der Waals surface area contributed by atoms with Gasteiger partial charge >= 0.3 is 5.97 Å². The van der Waals surface area contributed by atoms with Crippen molar-refractivity contribution in [3.8, 4) is 5.75 Å². The van der Waals surface area contributed by atoms with Gasteiger partial charge in [-0.15, -0.1) is 0 Å². The van der Waals surface area contributed by atoms with Crippen LogP contribution >= 0.6 is 0 Å². The Hall–Kier alpha value is -3.69. The zero-order chi connectivity index (χ0) is 24.7. The highest BCUT2D eigenvalue weighted by Gasteiger charge is 2.21. The lowest BCUT2D eigenvalue weighted by Crippen LogP contribution is -2.24. The summed E-state index contributed by atoms with van der Waals surface area (Å²) in [4.78, 5) is 25.0. The van der Waals surface area contributed by atoms with Crippen molar-refractivity contribution in [3.05, 3.63) is 89.5 Å². The molecule has 0 heterocycles. The first kappa shape index (κ1) is 24.9. The molecule has 0 aliphatic heterocycles. The number of nitrogens with one attached hydrogen (secondary N) is 1. The SMILES string of the molecule is Cc1ccc(NC(=O)COC(=O)c2ccccc2OCc2ccccc2)cc1S(=O)(=O)N(C)C. The molecule has 0 spiro atoms. The number of anilines is 1. The molecule has 0 radical (unpaired) electrons. The van der Waals surface area contributed by atoms with E-state index in [1.165, 1.54) is 20.2 Å². The summed E-state index contributed by atoms with van der Waals surface area (Å²) in [6.45, 7) is 1.40. The minimum atomic E-state index is -3.68. The van der Waals surface area contributed by atoms with Crippen molar-refractivity contribution in [2.45, 2.75) is 18.4 Å². The van der Waals surface area contributed by atoms with Crippen molar-refractivity contribution in [1.29, 1.82) is 0 Å². The predicted molar refractivity (Wildman–Crippen MR) is 128 cm³/mol. The van der Waals surface area contributed by atoms with Gasteiger partial charge in [0, 0.05) is 19.8 Å². The molecule has 0 aliphatic rings. The highest BCUT2D eigenvalue weighted by atomic mass is 32.2. The number of esters is 1. The van der Waals surface area contributed by atoms with Crippen molar-refractivity contribution in [2.24, 2.45) is 0 Å². The van der Waals surface area contributed by atoms with E-state index >= 15 is 0 Å². The molecule has 8 nitrogen and oxygen atoms in total. The van der Waals surface area contributed by atoms with Crippen molar-refractivity contribution in [3.63, 3.8) is 0 Å². The third-order valence-corrected chi connectivity index (χ3v) is 6.87. The number of carbonyl (C=O) groups excluding carboxylic acids is 2. The molecule has 0 unspecified atom stereocenters. The number of amides is 1. The molecule has 0 aromatic heterocycles. The van der Waals surface area contributed by atoms with Crippen molar-refractivity contribution in [1.82, 2.24) is 4.31 Å². The van der Waals surface area contributed by atoms with Crippen LogP contribution in [0.2, 0.25) is 0 Å². The normalized spacial score (nSPS) is 11.2. The smallest absolute Gasteiger partial charge is 0.342 e. The first-order valence-corrected chi connectivity index (χ1v) is 11.9. The minimum absolute atomic E-state index is 0.0804. The molecule has 0 fully saturated rings. The second-order valence-corrected chi connectivity index (χ2v) is 9.78. The van der Waals surface area contributed by atoms with Crippen LogP contribution in [-0.2, 0) is 26.2 Å². The van der Waals surface area contributed by atoms with Crippen LogP contribution in [-0.4, -0.2) is 45.3 Å². The summed E-state index contributed by atoms with van der Waals surface area (Å²) < 4.78 is 37.0. The van der Waals surface area contributed by atoms with Crippen LogP contribution in [0, 0.1) is 6.92 Å². The molecular formula is C25H26N2O6S. The van der Waals surface area contributed by atoms with Gasteiger partial charge < -0.3 is 14.8 Å². The second-order valence-electron chi connectivity index (χ2n) is 7.66. The molecule has 0 saturated carbocycles. The highest BCUT2D eigenvalue weighted by molar-refractivity contribution is 7.89. The molecule has 34 heavy (non-hydrogen) atoms. The molecule has 1 N–H and O–H groups in total. The number of hydrogen-bond acceptors (Lipinski definition) is 6. The minimum Gasteiger partial charge on any atom is -0.488 e. The Balaban J connectivity index is 1.62. The Morgan fingerprint density at radius 2 is 1.62 bits per heavy atom. The summed E-state index contributed by atoms with van der Waals surface area (Å²) in [6, 6.07) is 20.7. The molecule has 0 aliphatic carbocycles. The summed E-state index contributed by atoms with van der Waals surface area (Å²) in [7, 11) is -0.812. The van der Waals surface area contributed by atoms with E-state index in [9.17, 15) is 18.0 Å². The maximum absolute atomic E-state index is 12.6. The topological polar surface area (TPSA) is 102 Å². The largest absolute Gasteiger partial charge is 0.488 e. The van der Waals surface area contributed by atoms with Gasteiger partial charge in [0.25, 0.3) is 5.91 Å². The van der Waals surface area contributed by atoms with Gasteiger partial charge in [-0.2, -0.15) is 0 Å². The van der Waals surface area contributed by atoms with Crippen molar-refractivity contribution >= 4 is 27.6 Å². The Bertz CT molecular complexity index is 1270. The van der Waals surface area contributed by atoms with E-state index in [-0.39, 0.29) is 22.8 Å². The van der Waals surface area contributed by atoms with E-state index < -0.39 is 28.5 Å². The third-order valence-electron chi connectivity index (χ3n) is 4.91. The van der Waals surface area contributed by atoms with Crippen LogP contribution in [0.25, 0.3) is 0 Å². The van der Waals surface area contributed by atoms with Gasteiger partial charge in [0.2, 0.25) is 10.0 Å². The fraction of sp³-hybridized carbons (Fsp3) is 0.200. The Kier molecular flexibility index (Phi) is 8.04. The average Bonchev–Trinajstić information content (AvgIpc) is 2.83. The van der Waals surface area contributed by atoms with E-state index in [0.717, 1.165) is 9.87 Å². The fourth-order valence-electron chi connectivity index (χ4n) is 3.05. The molecule has 3 aromatic rings.